The molecule has 0 spiro atoms. The van der Waals surface area contributed by atoms with E-state index in [0.29, 0.717) is 5.95 Å². The average molecular weight is 226 g/mol. The molecule has 0 radical (unpaired) electrons. The fourth-order valence-electron chi connectivity index (χ4n) is 2.24. The number of aryl methyl sites for hydroxylation is 1. The van der Waals surface area contributed by atoms with Gasteiger partial charge in [-0.05, 0) is 30.5 Å². The Hall–Kier alpha value is -2.10. The third kappa shape index (κ3) is 1.93. The number of hydrogen-bond donors (Lipinski definition) is 2. The summed E-state index contributed by atoms with van der Waals surface area (Å²) in [5.74, 6) is 0.336. The van der Waals surface area contributed by atoms with Crippen molar-refractivity contribution in [1.82, 2.24) is 9.97 Å². The van der Waals surface area contributed by atoms with Crippen LogP contribution in [-0.2, 0) is 6.42 Å². The van der Waals surface area contributed by atoms with Gasteiger partial charge in [-0.2, -0.15) is 0 Å². The van der Waals surface area contributed by atoms with Gasteiger partial charge in [0.15, 0.2) is 0 Å². The van der Waals surface area contributed by atoms with Crippen molar-refractivity contribution in [2.75, 3.05) is 11.1 Å². The first kappa shape index (κ1) is 10.1. The number of nitrogens with two attached hydrogens (primary N) is 1. The average Bonchev–Trinajstić information content (AvgIpc) is 2.38. The molecule has 0 saturated carbocycles. The summed E-state index contributed by atoms with van der Waals surface area (Å²) in [6.45, 7) is 0. The Morgan fingerprint density at radius 3 is 3.00 bits per heavy atom. The summed E-state index contributed by atoms with van der Waals surface area (Å²) in [6.07, 6.45) is 3.81. The van der Waals surface area contributed by atoms with Gasteiger partial charge in [0.1, 0.15) is 0 Å². The predicted octanol–water partition coefficient (Wildman–Crippen LogP) is 2.16. The first-order valence-electron chi connectivity index (χ1n) is 5.76. The standard InChI is InChI=1S/C13H14N4/c14-13-15-8-7-12(17-13)11-6-5-9-3-1-2-4-10(9)16-11/h1-4,7-8,11,16H,5-6H2,(H2,14,15,17). The molecular formula is C13H14N4. The SMILES string of the molecule is Nc1nccc(C2CCc3ccccc3N2)n1. The van der Waals surface area contributed by atoms with Crippen LogP contribution in [0.2, 0.25) is 0 Å². The van der Waals surface area contributed by atoms with Crippen LogP contribution in [0.25, 0.3) is 0 Å². The van der Waals surface area contributed by atoms with E-state index < -0.39 is 0 Å². The van der Waals surface area contributed by atoms with E-state index >= 15 is 0 Å². The number of para-hydroxylation sites is 1. The maximum atomic E-state index is 5.61. The molecule has 4 nitrogen and oxygen atoms in total. The number of nitrogen functional groups attached to an aromatic ring is 1. The molecule has 1 aromatic carbocycles. The zero-order valence-electron chi connectivity index (χ0n) is 9.43. The highest BCUT2D eigenvalue weighted by Gasteiger charge is 2.19. The summed E-state index contributed by atoms with van der Waals surface area (Å²) in [5, 5.41) is 3.49. The number of rotatable bonds is 1. The summed E-state index contributed by atoms with van der Waals surface area (Å²) >= 11 is 0. The maximum absolute atomic E-state index is 5.61. The van der Waals surface area contributed by atoms with Crippen LogP contribution >= 0.6 is 0 Å². The molecule has 0 bridgehead atoms. The maximum Gasteiger partial charge on any atom is 0.220 e. The molecule has 3 N–H and O–H groups in total. The van der Waals surface area contributed by atoms with Crippen LogP contribution in [0.3, 0.4) is 0 Å². The van der Waals surface area contributed by atoms with Gasteiger partial charge >= 0.3 is 0 Å². The second-order valence-corrected chi connectivity index (χ2v) is 4.23. The van der Waals surface area contributed by atoms with Crippen molar-refractivity contribution in [2.24, 2.45) is 0 Å². The van der Waals surface area contributed by atoms with Gasteiger partial charge in [0.05, 0.1) is 11.7 Å². The lowest BCUT2D eigenvalue weighted by Gasteiger charge is -2.26. The number of anilines is 2. The number of hydrogen-bond acceptors (Lipinski definition) is 4. The lowest BCUT2D eigenvalue weighted by Crippen LogP contribution is -2.19. The second-order valence-electron chi connectivity index (χ2n) is 4.23. The highest BCUT2D eigenvalue weighted by atomic mass is 15.0. The summed E-state index contributed by atoms with van der Waals surface area (Å²) in [5.41, 5.74) is 9.14. The number of fused-ring (bicyclic) bond motifs is 1. The van der Waals surface area contributed by atoms with E-state index in [2.05, 4.69) is 33.5 Å². The van der Waals surface area contributed by atoms with Gasteiger partial charge in [0.2, 0.25) is 5.95 Å². The predicted molar refractivity (Wildman–Crippen MR) is 67.6 cm³/mol. The van der Waals surface area contributed by atoms with Crippen molar-refractivity contribution in [3.05, 3.63) is 47.8 Å². The van der Waals surface area contributed by atoms with E-state index in [4.69, 9.17) is 5.73 Å². The lowest BCUT2D eigenvalue weighted by atomic mass is 9.96. The Morgan fingerprint density at radius 2 is 2.12 bits per heavy atom. The van der Waals surface area contributed by atoms with Crippen LogP contribution in [0.5, 0.6) is 0 Å². The summed E-state index contributed by atoms with van der Waals surface area (Å²) in [4.78, 5) is 8.19. The van der Waals surface area contributed by atoms with Crippen LogP contribution in [0.4, 0.5) is 11.6 Å². The molecule has 0 saturated heterocycles. The largest absolute Gasteiger partial charge is 0.376 e. The number of nitrogens with one attached hydrogen (secondary N) is 1. The van der Waals surface area contributed by atoms with E-state index in [1.165, 1.54) is 11.3 Å². The van der Waals surface area contributed by atoms with Gasteiger partial charge in [-0.25, -0.2) is 9.97 Å². The third-order valence-corrected chi connectivity index (χ3v) is 3.10. The molecule has 2 aromatic rings. The second kappa shape index (κ2) is 4.05. The van der Waals surface area contributed by atoms with Crippen LogP contribution in [0, 0.1) is 0 Å². The molecule has 1 atom stereocenters. The minimum atomic E-state index is 0.232. The smallest absolute Gasteiger partial charge is 0.220 e. The molecule has 1 aliphatic rings. The molecule has 3 rings (SSSR count). The van der Waals surface area contributed by atoms with Crippen LogP contribution in [0.1, 0.15) is 23.7 Å². The Labute approximate surface area is 99.9 Å². The quantitative estimate of drug-likeness (QED) is 0.782. The molecule has 2 heterocycles. The van der Waals surface area contributed by atoms with Crippen LogP contribution in [-0.4, -0.2) is 9.97 Å². The van der Waals surface area contributed by atoms with E-state index in [0.717, 1.165) is 18.5 Å². The summed E-state index contributed by atoms with van der Waals surface area (Å²) in [6, 6.07) is 10.5. The first-order chi connectivity index (χ1) is 8.33. The van der Waals surface area contributed by atoms with Gasteiger partial charge in [-0.3, -0.25) is 0 Å². The molecule has 1 unspecified atom stereocenters. The molecule has 0 amide bonds. The fraction of sp³-hybridized carbons (Fsp3) is 0.231. The van der Waals surface area contributed by atoms with E-state index in [1.807, 2.05) is 12.1 Å². The first-order valence-corrected chi connectivity index (χ1v) is 5.76. The van der Waals surface area contributed by atoms with Crippen molar-refractivity contribution < 1.29 is 0 Å². The minimum Gasteiger partial charge on any atom is -0.376 e. The van der Waals surface area contributed by atoms with E-state index in [1.54, 1.807) is 6.20 Å². The molecule has 4 heteroatoms. The zero-order chi connectivity index (χ0) is 11.7. The normalized spacial score (nSPS) is 18.2. The monoisotopic (exact) mass is 226 g/mol. The lowest BCUT2D eigenvalue weighted by molar-refractivity contribution is 0.650. The molecule has 0 aliphatic carbocycles. The Kier molecular flexibility index (Phi) is 2.40. The van der Waals surface area contributed by atoms with Crippen LogP contribution in [0.15, 0.2) is 36.5 Å². The number of aromatic nitrogens is 2. The highest BCUT2D eigenvalue weighted by Crippen LogP contribution is 2.31. The Balaban J connectivity index is 1.89. The van der Waals surface area contributed by atoms with Crippen molar-refractivity contribution in [3.63, 3.8) is 0 Å². The van der Waals surface area contributed by atoms with Crippen molar-refractivity contribution in [1.29, 1.82) is 0 Å². The fourth-order valence-corrected chi connectivity index (χ4v) is 2.24. The minimum absolute atomic E-state index is 0.232. The molecule has 1 aromatic heterocycles. The summed E-state index contributed by atoms with van der Waals surface area (Å²) in [7, 11) is 0. The number of benzene rings is 1. The molecular weight excluding hydrogens is 212 g/mol. The van der Waals surface area contributed by atoms with E-state index in [-0.39, 0.29) is 6.04 Å². The van der Waals surface area contributed by atoms with Crippen molar-refractivity contribution in [2.45, 2.75) is 18.9 Å². The Morgan fingerprint density at radius 1 is 1.24 bits per heavy atom. The third-order valence-electron chi connectivity index (χ3n) is 3.10. The molecule has 1 aliphatic heterocycles. The van der Waals surface area contributed by atoms with E-state index in [9.17, 15) is 0 Å². The van der Waals surface area contributed by atoms with Gasteiger partial charge < -0.3 is 11.1 Å². The molecule has 0 fully saturated rings. The Bertz CT molecular complexity index is 538. The van der Waals surface area contributed by atoms with Crippen LogP contribution < -0.4 is 11.1 Å². The van der Waals surface area contributed by atoms with Gasteiger partial charge in [-0.15, -0.1) is 0 Å². The zero-order valence-corrected chi connectivity index (χ0v) is 9.43. The number of nitrogens with zero attached hydrogens (tertiary/aromatic N) is 2. The van der Waals surface area contributed by atoms with Gasteiger partial charge in [0.25, 0.3) is 0 Å². The van der Waals surface area contributed by atoms with Gasteiger partial charge in [0, 0.05) is 11.9 Å². The van der Waals surface area contributed by atoms with Crippen molar-refractivity contribution in [3.8, 4) is 0 Å². The van der Waals surface area contributed by atoms with Gasteiger partial charge in [-0.1, -0.05) is 18.2 Å². The molecule has 17 heavy (non-hydrogen) atoms. The summed E-state index contributed by atoms with van der Waals surface area (Å²) < 4.78 is 0. The highest BCUT2D eigenvalue weighted by molar-refractivity contribution is 5.54. The topological polar surface area (TPSA) is 63.8 Å². The van der Waals surface area contributed by atoms with Crippen molar-refractivity contribution >= 4 is 11.6 Å². The molecule has 86 valence electrons.